The van der Waals surface area contributed by atoms with Gasteiger partial charge in [-0.05, 0) is 46.5 Å². The predicted molar refractivity (Wildman–Crippen MR) is 138 cm³/mol. The molecule has 10 heteroatoms. The van der Waals surface area contributed by atoms with Gasteiger partial charge in [-0.15, -0.1) is 11.8 Å². The summed E-state index contributed by atoms with van der Waals surface area (Å²) in [6.45, 7) is 0.543. The molecule has 3 aliphatic heterocycles. The summed E-state index contributed by atoms with van der Waals surface area (Å²) in [4.78, 5) is 15.1. The number of benzene rings is 3. The van der Waals surface area contributed by atoms with E-state index in [9.17, 15) is 28.2 Å². The summed E-state index contributed by atoms with van der Waals surface area (Å²) in [6.07, 6.45) is -3.44. The number of amides is 1. The molecule has 0 aromatic heterocycles. The fraction of sp³-hybridized carbons (Fsp3) is 0.250. The molecule has 1 unspecified atom stereocenters. The molecule has 3 aromatic rings. The van der Waals surface area contributed by atoms with Gasteiger partial charge < -0.3 is 15.1 Å². The summed E-state index contributed by atoms with van der Waals surface area (Å²) in [7, 11) is 0. The molecule has 0 radical (unpaired) electrons. The largest absolute Gasteiger partial charge is 0.507 e. The Hall–Kier alpha value is -3.47. The van der Waals surface area contributed by atoms with E-state index < -0.39 is 41.7 Å². The minimum Gasteiger partial charge on any atom is -0.507 e. The normalized spacial score (nSPS) is 22.7. The lowest BCUT2D eigenvalue weighted by Gasteiger charge is -2.50. The molecule has 6 rings (SSSR count). The molecule has 1 fully saturated rings. The van der Waals surface area contributed by atoms with Crippen LogP contribution in [0.4, 0.5) is 13.2 Å². The van der Waals surface area contributed by atoms with Crippen molar-refractivity contribution in [3.05, 3.63) is 101 Å². The van der Waals surface area contributed by atoms with Gasteiger partial charge in [-0.1, -0.05) is 54.6 Å². The van der Waals surface area contributed by atoms with Crippen molar-refractivity contribution in [1.29, 1.82) is 0 Å². The van der Waals surface area contributed by atoms with Crippen molar-refractivity contribution in [2.24, 2.45) is 0 Å². The summed E-state index contributed by atoms with van der Waals surface area (Å²) >= 11 is 1.65. The first-order valence-corrected chi connectivity index (χ1v) is 13.1. The van der Waals surface area contributed by atoms with E-state index in [-0.39, 0.29) is 6.67 Å². The van der Waals surface area contributed by atoms with Gasteiger partial charge in [-0.2, -0.15) is 18.2 Å². The summed E-state index contributed by atoms with van der Waals surface area (Å²) in [5.74, 6) is -1.02. The van der Waals surface area contributed by atoms with Crippen LogP contribution in [0.2, 0.25) is 0 Å². The molecule has 0 aliphatic carbocycles. The van der Waals surface area contributed by atoms with Gasteiger partial charge in [-0.3, -0.25) is 9.80 Å². The number of rotatable bonds is 2. The van der Waals surface area contributed by atoms with Crippen LogP contribution >= 0.6 is 11.8 Å². The van der Waals surface area contributed by atoms with Gasteiger partial charge in [0.15, 0.2) is 11.5 Å². The molecule has 1 saturated heterocycles. The average molecular weight is 540 g/mol. The van der Waals surface area contributed by atoms with Crippen molar-refractivity contribution in [2.45, 2.75) is 41.9 Å². The minimum absolute atomic E-state index is 0.386. The lowest BCUT2D eigenvalue weighted by atomic mass is 9.89. The van der Waals surface area contributed by atoms with E-state index >= 15 is 0 Å². The van der Waals surface area contributed by atoms with Crippen molar-refractivity contribution >= 4 is 28.4 Å². The molecular weight excluding hydrogens is 515 g/mol. The van der Waals surface area contributed by atoms with Crippen LogP contribution in [0.15, 0.2) is 89.3 Å². The molecule has 3 atom stereocenters. The summed E-state index contributed by atoms with van der Waals surface area (Å²) in [6, 6.07) is 16.9. The maximum absolute atomic E-state index is 14.0. The van der Waals surface area contributed by atoms with Crippen molar-refractivity contribution in [1.82, 2.24) is 14.9 Å². The SMILES string of the molecule is C[C@@H](N1CN([C@@H]2c3ccccc3SCc3ccc4ccccc4c32)N2C=CC(O)C(O)=C2C1=O)C(F)(F)F. The van der Waals surface area contributed by atoms with Gasteiger partial charge >= 0.3 is 6.18 Å². The topological polar surface area (TPSA) is 67.2 Å². The van der Waals surface area contributed by atoms with E-state index in [4.69, 9.17) is 0 Å². The van der Waals surface area contributed by atoms with Gasteiger partial charge in [0.05, 0.1) is 12.7 Å². The van der Waals surface area contributed by atoms with Crippen LogP contribution in [-0.2, 0) is 10.5 Å². The Labute approximate surface area is 221 Å². The van der Waals surface area contributed by atoms with E-state index in [1.165, 1.54) is 17.3 Å². The zero-order chi connectivity index (χ0) is 26.8. The number of alkyl halides is 3. The van der Waals surface area contributed by atoms with Gasteiger partial charge in [0.25, 0.3) is 5.91 Å². The number of carbonyl (C=O) groups excluding carboxylic acids is 1. The number of hydrogen-bond donors (Lipinski definition) is 2. The second kappa shape index (κ2) is 9.07. The van der Waals surface area contributed by atoms with Gasteiger partial charge in [0, 0.05) is 16.8 Å². The molecule has 6 nitrogen and oxygen atoms in total. The summed E-state index contributed by atoms with van der Waals surface area (Å²) in [5, 5.41) is 26.0. The first-order chi connectivity index (χ1) is 18.2. The molecule has 0 spiro atoms. The molecule has 2 N–H and O–H groups in total. The smallest absolute Gasteiger partial charge is 0.408 e. The van der Waals surface area contributed by atoms with E-state index in [0.29, 0.717) is 10.7 Å². The third-order valence-corrected chi connectivity index (χ3v) is 8.51. The number of hydrogen-bond acceptors (Lipinski definition) is 6. The maximum Gasteiger partial charge on any atom is 0.408 e. The van der Waals surface area contributed by atoms with Crippen LogP contribution in [0.25, 0.3) is 10.8 Å². The van der Waals surface area contributed by atoms with Crippen LogP contribution in [0, 0.1) is 0 Å². The van der Waals surface area contributed by atoms with Crippen LogP contribution in [0.3, 0.4) is 0 Å². The molecule has 3 heterocycles. The van der Waals surface area contributed by atoms with Crippen molar-refractivity contribution in [2.75, 3.05) is 6.67 Å². The Morgan fingerprint density at radius 2 is 1.79 bits per heavy atom. The lowest BCUT2D eigenvalue weighted by Crippen LogP contribution is -2.62. The zero-order valence-corrected chi connectivity index (χ0v) is 21.1. The molecule has 0 bridgehead atoms. The summed E-state index contributed by atoms with van der Waals surface area (Å²) in [5.41, 5.74) is 2.43. The molecule has 3 aromatic carbocycles. The zero-order valence-electron chi connectivity index (χ0n) is 20.3. The quantitative estimate of drug-likeness (QED) is 0.451. The average Bonchev–Trinajstić information content (AvgIpc) is 3.07. The number of aliphatic hydroxyl groups is 2. The monoisotopic (exact) mass is 539 g/mol. The van der Waals surface area contributed by atoms with Crippen molar-refractivity contribution in [3.8, 4) is 0 Å². The highest BCUT2D eigenvalue weighted by Crippen LogP contribution is 2.47. The maximum atomic E-state index is 14.0. The van der Waals surface area contributed by atoms with Gasteiger partial charge in [0.2, 0.25) is 0 Å². The Bertz CT molecular complexity index is 1510. The van der Waals surface area contributed by atoms with Crippen LogP contribution < -0.4 is 0 Å². The molecule has 1 amide bonds. The first-order valence-electron chi connectivity index (χ1n) is 12.1. The second-order valence-electron chi connectivity index (χ2n) is 9.53. The van der Waals surface area contributed by atoms with E-state index in [1.54, 1.807) is 16.8 Å². The molecule has 38 heavy (non-hydrogen) atoms. The first kappa shape index (κ1) is 24.8. The second-order valence-corrected chi connectivity index (χ2v) is 10.5. The third kappa shape index (κ3) is 3.86. The highest BCUT2D eigenvalue weighted by molar-refractivity contribution is 7.98. The number of thioether (sulfide) groups is 1. The van der Waals surface area contributed by atoms with Gasteiger partial charge in [-0.25, -0.2) is 0 Å². The molecule has 196 valence electrons. The Balaban J connectivity index is 1.62. The van der Waals surface area contributed by atoms with Crippen LogP contribution in [-0.4, -0.2) is 56.0 Å². The fourth-order valence-electron chi connectivity index (χ4n) is 5.36. The standard InChI is InChI=1S/C28H24F3N3O3S/c1-16(28(29,30)31)32-15-34(33-13-12-21(35)26(36)25(33)27(32)37)24-20-8-4-5-9-22(20)38-14-18-11-10-17-6-2-3-7-19(17)23(18)24/h2-13,16,21,24,35-36H,14-15H2,1H3/t16-,21?,24-/m1/s1. The molecule has 0 saturated carbocycles. The lowest BCUT2D eigenvalue weighted by molar-refractivity contribution is -0.204. The highest BCUT2D eigenvalue weighted by Gasteiger charge is 2.50. The van der Waals surface area contributed by atoms with Crippen molar-refractivity contribution in [3.63, 3.8) is 0 Å². The van der Waals surface area contributed by atoms with Crippen LogP contribution in [0.1, 0.15) is 29.7 Å². The Kier molecular flexibility index (Phi) is 5.93. The number of fused-ring (bicyclic) bond motifs is 5. The number of nitrogens with zero attached hydrogens (tertiary/aromatic N) is 3. The summed E-state index contributed by atoms with van der Waals surface area (Å²) < 4.78 is 41.9. The number of hydrazine groups is 1. The van der Waals surface area contributed by atoms with E-state index in [1.807, 2.05) is 60.7 Å². The fourth-order valence-corrected chi connectivity index (χ4v) is 6.45. The Morgan fingerprint density at radius 1 is 1.05 bits per heavy atom. The number of halogens is 3. The highest BCUT2D eigenvalue weighted by atomic mass is 32.2. The molecule has 3 aliphatic rings. The number of aliphatic hydroxyl groups excluding tert-OH is 2. The van der Waals surface area contributed by atoms with E-state index in [2.05, 4.69) is 0 Å². The predicted octanol–water partition coefficient (Wildman–Crippen LogP) is 5.46. The molecular formula is C28H24F3N3O3S. The van der Waals surface area contributed by atoms with Crippen molar-refractivity contribution < 1.29 is 28.2 Å². The third-order valence-electron chi connectivity index (χ3n) is 7.37. The van der Waals surface area contributed by atoms with Gasteiger partial charge in [0.1, 0.15) is 12.1 Å². The Morgan fingerprint density at radius 3 is 2.58 bits per heavy atom. The number of carbonyl (C=O) groups is 1. The van der Waals surface area contributed by atoms with E-state index in [0.717, 1.165) is 39.3 Å². The minimum atomic E-state index is -4.69. The van der Waals surface area contributed by atoms with Crippen LogP contribution in [0.5, 0.6) is 0 Å².